The van der Waals surface area contributed by atoms with Gasteiger partial charge in [0, 0.05) is 24.1 Å². The van der Waals surface area contributed by atoms with Gasteiger partial charge in [0.1, 0.15) is 11.5 Å². The summed E-state index contributed by atoms with van der Waals surface area (Å²) < 4.78 is 10.5. The summed E-state index contributed by atoms with van der Waals surface area (Å²) in [5, 5.41) is 5.89. The van der Waals surface area contributed by atoms with E-state index in [0.717, 1.165) is 11.3 Å². The number of amides is 1. The van der Waals surface area contributed by atoms with Crippen LogP contribution < -0.4 is 20.1 Å². The lowest BCUT2D eigenvalue weighted by Crippen LogP contribution is -2.13. The zero-order valence-corrected chi connectivity index (χ0v) is 15.3. The molecule has 3 aromatic rings. The van der Waals surface area contributed by atoms with Gasteiger partial charge in [-0.1, -0.05) is 12.1 Å². The van der Waals surface area contributed by atoms with Gasteiger partial charge in [-0.05, 0) is 36.8 Å². The van der Waals surface area contributed by atoms with E-state index in [1.165, 1.54) is 12.4 Å². The van der Waals surface area contributed by atoms with Gasteiger partial charge in [-0.2, -0.15) is 0 Å². The van der Waals surface area contributed by atoms with Crippen LogP contribution in [-0.4, -0.2) is 30.1 Å². The maximum Gasteiger partial charge on any atom is 0.258 e. The number of carbonyl (C=O) groups is 1. The normalized spacial score (nSPS) is 10.2. The monoisotopic (exact) mass is 364 g/mol. The van der Waals surface area contributed by atoms with Gasteiger partial charge in [0.2, 0.25) is 5.95 Å². The minimum absolute atomic E-state index is 0.269. The lowest BCUT2D eigenvalue weighted by atomic mass is 10.2. The molecular formula is C20H20N4O3. The number of hydrogen-bond donors (Lipinski definition) is 2. The van der Waals surface area contributed by atoms with Crippen molar-refractivity contribution >= 4 is 23.2 Å². The maximum atomic E-state index is 12.3. The van der Waals surface area contributed by atoms with E-state index in [4.69, 9.17) is 9.47 Å². The first-order valence-electron chi connectivity index (χ1n) is 8.28. The molecule has 0 radical (unpaired) electrons. The van der Waals surface area contributed by atoms with Crippen LogP contribution in [0.3, 0.4) is 0 Å². The smallest absolute Gasteiger partial charge is 0.258 e. The molecule has 0 saturated carbocycles. The second kappa shape index (κ2) is 8.18. The second-order valence-corrected chi connectivity index (χ2v) is 5.81. The summed E-state index contributed by atoms with van der Waals surface area (Å²) in [6, 6.07) is 12.9. The van der Waals surface area contributed by atoms with Crippen molar-refractivity contribution in [2.24, 2.45) is 0 Å². The molecule has 138 valence electrons. The highest BCUT2D eigenvalue weighted by atomic mass is 16.5. The Kier molecular flexibility index (Phi) is 5.51. The third-order valence-corrected chi connectivity index (χ3v) is 3.85. The summed E-state index contributed by atoms with van der Waals surface area (Å²) in [6.07, 6.45) is 2.94. The summed E-state index contributed by atoms with van der Waals surface area (Å²) in [5.74, 6) is 1.36. The third kappa shape index (κ3) is 4.52. The zero-order valence-electron chi connectivity index (χ0n) is 15.3. The minimum atomic E-state index is -0.269. The molecule has 0 spiro atoms. The first-order valence-corrected chi connectivity index (χ1v) is 8.28. The van der Waals surface area contributed by atoms with Crippen molar-refractivity contribution < 1.29 is 14.3 Å². The second-order valence-electron chi connectivity index (χ2n) is 5.81. The fourth-order valence-corrected chi connectivity index (χ4v) is 2.46. The Balaban J connectivity index is 1.71. The van der Waals surface area contributed by atoms with Crippen molar-refractivity contribution in [1.82, 2.24) is 9.97 Å². The Labute approximate surface area is 157 Å². The molecular weight excluding hydrogens is 344 g/mol. The Morgan fingerprint density at radius 1 is 1.00 bits per heavy atom. The first kappa shape index (κ1) is 18.2. The quantitative estimate of drug-likeness (QED) is 0.692. The van der Waals surface area contributed by atoms with Crippen LogP contribution in [0.25, 0.3) is 0 Å². The summed E-state index contributed by atoms with van der Waals surface area (Å²) in [6.45, 7) is 1.96. The first-order chi connectivity index (χ1) is 13.1. The summed E-state index contributed by atoms with van der Waals surface area (Å²) >= 11 is 0. The molecule has 0 saturated heterocycles. The number of aryl methyl sites for hydroxylation is 1. The highest BCUT2D eigenvalue weighted by Crippen LogP contribution is 2.30. The molecule has 7 heteroatoms. The highest BCUT2D eigenvalue weighted by molar-refractivity contribution is 6.03. The van der Waals surface area contributed by atoms with E-state index in [1.807, 2.05) is 31.2 Å². The highest BCUT2D eigenvalue weighted by Gasteiger charge is 2.10. The standard InChI is InChI=1S/C20H20N4O3/c1-13-5-4-6-15(9-13)23-19(25)14-11-21-20(22-12-14)24-17-8-7-16(26-2)10-18(17)27-3/h4-12H,1-3H3,(H,23,25)(H,21,22,24). The van der Waals surface area contributed by atoms with Crippen LogP contribution >= 0.6 is 0 Å². The molecule has 27 heavy (non-hydrogen) atoms. The fraction of sp³-hybridized carbons (Fsp3) is 0.150. The van der Waals surface area contributed by atoms with Gasteiger partial charge in [-0.15, -0.1) is 0 Å². The van der Waals surface area contributed by atoms with Gasteiger partial charge < -0.3 is 20.1 Å². The molecule has 2 aromatic carbocycles. The number of methoxy groups -OCH3 is 2. The molecule has 0 bridgehead atoms. The Morgan fingerprint density at radius 3 is 2.44 bits per heavy atom. The number of carbonyl (C=O) groups excluding carboxylic acids is 1. The Hall–Kier alpha value is -3.61. The van der Waals surface area contributed by atoms with E-state index in [2.05, 4.69) is 20.6 Å². The van der Waals surface area contributed by atoms with E-state index in [0.29, 0.717) is 28.7 Å². The molecule has 0 aliphatic carbocycles. The van der Waals surface area contributed by atoms with Gasteiger partial charge in [0.05, 0.1) is 25.5 Å². The lowest BCUT2D eigenvalue weighted by molar-refractivity contribution is 0.102. The molecule has 0 aliphatic heterocycles. The Morgan fingerprint density at radius 2 is 1.78 bits per heavy atom. The van der Waals surface area contributed by atoms with Crippen molar-refractivity contribution in [3.8, 4) is 11.5 Å². The summed E-state index contributed by atoms with van der Waals surface area (Å²) in [7, 11) is 3.16. The molecule has 1 aromatic heterocycles. The van der Waals surface area contributed by atoms with Crippen molar-refractivity contribution in [3.05, 3.63) is 66.0 Å². The minimum Gasteiger partial charge on any atom is -0.497 e. The third-order valence-electron chi connectivity index (χ3n) is 3.85. The van der Waals surface area contributed by atoms with Crippen LogP contribution in [0, 0.1) is 6.92 Å². The summed E-state index contributed by atoms with van der Waals surface area (Å²) in [4.78, 5) is 20.7. The molecule has 0 unspecified atom stereocenters. The van der Waals surface area contributed by atoms with Crippen molar-refractivity contribution in [1.29, 1.82) is 0 Å². The maximum absolute atomic E-state index is 12.3. The molecule has 1 heterocycles. The zero-order chi connectivity index (χ0) is 19.2. The molecule has 0 atom stereocenters. The predicted molar refractivity (Wildman–Crippen MR) is 104 cm³/mol. The number of ether oxygens (including phenoxy) is 2. The van der Waals surface area contributed by atoms with E-state index < -0.39 is 0 Å². The molecule has 2 N–H and O–H groups in total. The summed E-state index contributed by atoms with van der Waals surface area (Å²) in [5.41, 5.74) is 2.85. The van der Waals surface area contributed by atoms with Gasteiger partial charge in [0.15, 0.2) is 0 Å². The average Bonchev–Trinajstić information content (AvgIpc) is 2.69. The largest absolute Gasteiger partial charge is 0.497 e. The van der Waals surface area contributed by atoms with E-state index in [1.54, 1.807) is 32.4 Å². The van der Waals surface area contributed by atoms with E-state index in [9.17, 15) is 4.79 Å². The van der Waals surface area contributed by atoms with Crippen molar-refractivity contribution in [2.45, 2.75) is 6.92 Å². The predicted octanol–water partition coefficient (Wildman–Crippen LogP) is 3.80. The molecule has 0 fully saturated rings. The van der Waals surface area contributed by atoms with Crippen LogP contribution in [-0.2, 0) is 0 Å². The van der Waals surface area contributed by atoms with Crippen LogP contribution in [0.1, 0.15) is 15.9 Å². The molecule has 0 aliphatic rings. The van der Waals surface area contributed by atoms with E-state index >= 15 is 0 Å². The van der Waals surface area contributed by atoms with Gasteiger partial charge in [-0.25, -0.2) is 9.97 Å². The number of anilines is 3. The lowest BCUT2D eigenvalue weighted by Gasteiger charge is -2.11. The van der Waals surface area contributed by atoms with E-state index in [-0.39, 0.29) is 5.91 Å². The number of rotatable bonds is 6. The topological polar surface area (TPSA) is 85.4 Å². The number of aromatic nitrogens is 2. The number of benzene rings is 2. The van der Waals surface area contributed by atoms with Gasteiger partial charge in [0.25, 0.3) is 5.91 Å². The van der Waals surface area contributed by atoms with Crippen molar-refractivity contribution in [2.75, 3.05) is 24.9 Å². The van der Waals surface area contributed by atoms with Crippen LogP contribution in [0.2, 0.25) is 0 Å². The fourth-order valence-electron chi connectivity index (χ4n) is 2.46. The number of nitrogens with zero attached hydrogens (tertiary/aromatic N) is 2. The number of hydrogen-bond acceptors (Lipinski definition) is 6. The van der Waals surface area contributed by atoms with Crippen LogP contribution in [0.15, 0.2) is 54.9 Å². The number of nitrogens with one attached hydrogen (secondary N) is 2. The Bertz CT molecular complexity index is 942. The SMILES string of the molecule is COc1ccc(Nc2ncc(C(=O)Nc3cccc(C)c3)cn2)c(OC)c1. The van der Waals surface area contributed by atoms with Crippen molar-refractivity contribution in [3.63, 3.8) is 0 Å². The average molecular weight is 364 g/mol. The van der Waals surface area contributed by atoms with Gasteiger partial charge in [-0.3, -0.25) is 4.79 Å². The molecule has 3 rings (SSSR count). The molecule has 1 amide bonds. The van der Waals surface area contributed by atoms with Crippen LogP contribution in [0.5, 0.6) is 11.5 Å². The van der Waals surface area contributed by atoms with Gasteiger partial charge >= 0.3 is 0 Å². The molecule has 7 nitrogen and oxygen atoms in total. The van der Waals surface area contributed by atoms with Crippen LogP contribution in [0.4, 0.5) is 17.3 Å².